The summed E-state index contributed by atoms with van der Waals surface area (Å²) in [4.78, 5) is 41.6. The summed E-state index contributed by atoms with van der Waals surface area (Å²) in [5.41, 5.74) is 1.53. The predicted molar refractivity (Wildman–Crippen MR) is 138 cm³/mol. The molecule has 0 bridgehead atoms. The van der Waals surface area contributed by atoms with E-state index in [0.717, 1.165) is 18.4 Å². The largest absolute Gasteiger partial charge is 0.415 e. The van der Waals surface area contributed by atoms with E-state index in [1.165, 1.54) is 11.8 Å². The highest BCUT2D eigenvalue weighted by atomic mass is 32.2. The van der Waals surface area contributed by atoms with Crippen molar-refractivity contribution in [3.8, 4) is 0 Å². The van der Waals surface area contributed by atoms with Crippen molar-refractivity contribution in [3.63, 3.8) is 0 Å². The molecule has 0 aliphatic heterocycles. The minimum absolute atomic E-state index is 0.185. The van der Waals surface area contributed by atoms with Gasteiger partial charge in [-0.1, -0.05) is 56.7 Å². The first-order valence-corrected chi connectivity index (χ1v) is 13.7. The molecule has 1 aromatic heterocycles. The Bertz CT molecular complexity index is 1050. The van der Waals surface area contributed by atoms with Crippen molar-refractivity contribution in [2.75, 3.05) is 20.4 Å². The number of hydrogen-bond acceptors (Lipinski definition) is 8. The molecule has 1 saturated carbocycles. The number of nitrogens with one attached hydrogen (secondary N) is 2. The zero-order valence-corrected chi connectivity index (χ0v) is 22.6. The number of benzene rings is 1. The number of carbonyl (C=O) groups excluding carboxylic acids is 3. The molecule has 1 aliphatic carbocycles. The van der Waals surface area contributed by atoms with Crippen molar-refractivity contribution in [1.82, 2.24) is 25.7 Å². The normalized spacial score (nSPS) is 18.8. The van der Waals surface area contributed by atoms with Gasteiger partial charge in [-0.05, 0) is 57.2 Å². The van der Waals surface area contributed by atoms with Crippen molar-refractivity contribution in [2.45, 2.75) is 69.7 Å². The minimum Gasteiger partial charge on any atom is -0.415 e. The van der Waals surface area contributed by atoms with Crippen LogP contribution in [0, 0.1) is 11.8 Å². The van der Waals surface area contributed by atoms with Gasteiger partial charge in [0.1, 0.15) is 5.92 Å². The fourth-order valence-corrected chi connectivity index (χ4v) is 4.91. The summed E-state index contributed by atoms with van der Waals surface area (Å²) in [6.07, 6.45) is 5.36. The molecule has 3 atom stereocenters. The summed E-state index contributed by atoms with van der Waals surface area (Å²) in [6, 6.07) is 7.15. The fourth-order valence-electron chi connectivity index (χ4n) is 4.62. The fraction of sp³-hybridized carbons (Fsp3) is 0.577. The Morgan fingerprint density at radius 2 is 1.86 bits per heavy atom. The van der Waals surface area contributed by atoms with Gasteiger partial charge in [0.25, 0.3) is 11.1 Å². The lowest BCUT2D eigenvalue weighted by Gasteiger charge is -2.31. The Morgan fingerprint density at radius 3 is 2.53 bits per heavy atom. The topological polar surface area (TPSA) is 117 Å². The highest BCUT2D eigenvalue weighted by Gasteiger charge is 2.36. The third kappa shape index (κ3) is 7.39. The van der Waals surface area contributed by atoms with Gasteiger partial charge in [0.15, 0.2) is 0 Å². The molecule has 36 heavy (non-hydrogen) atoms. The van der Waals surface area contributed by atoms with Crippen LogP contribution >= 0.6 is 11.8 Å². The van der Waals surface area contributed by atoms with Crippen LogP contribution in [0.2, 0.25) is 0 Å². The first-order chi connectivity index (χ1) is 17.2. The van der Waals surface area contributed by atoms with Gasteiger partial charge in [0.2, 0.25) is 17.7 Å². The number of rotatable bonds is 10. The van der Waals surface area contributed by atoms with Crippen molar-refractivity contribution >= 4 is 29.5 Å². The van der Waals surface area contributed by atoms with E-state index in [0.29, 0.717) is 36.6 Å². The second-order valence-electron chi connectivity index (χ2n) is 10.0. The van der Waals surface area contributed by atoms with Gasteiger partial charge in [-0.2, -0.15) is 0 Å². The lowest BCUT2D eigenvalue weighted by molar-refractivity contribution is -0.135. The minimum atomic E-state index is -0.711. The van der Waals surface area contributed by atoms with E-state index < -0.39 is 17.7 Å². The Balaban J connectivity index is 1.72. The van der Waals surface area contributed by atoms with Gasteiger partial charge >= 0.3 is 0 Å². The van der Waals surface area contributed by atoms with Gasteiger partial charge < -0.3 is 14.6 Å². The van der Waals surface area contributed by atoms with E-state index in [1.807, 2.05) is 57.3 Å². The molecule has 3 amide bonds. The first-order valence-electron chi connectivity index (χ1n) is 12.4. The van der Waals surface area contributed by atoms with Gasteiger partial charge in [0, 0.05) is 18.2 Å². The van der Waals surface area contributed by atoms with Gasteiger partial charge in [-0.3, -0.25) is 19.7 Å². The molecule has 1 heterocycles. The van der Waals surface area contributed by atoms with E-state index in [-0.39, 0.29) is 29.7 Å². The van der Waals surface area contributed by atoms with Crippen molar-refractivity contribution in [1.29, 1.82) is 0 Å². The first kappa shape index (κ1) is 27.9. The second kappa shape index (κ2) is 13.0. The lowest BCUT2D eigenvalue weighted by atomic mass is 9.83. The van der Waals surface area contributed by atoms with E-state index >= 15 is 0 Å². The van der Waals surface area contributed by atoms with Crippen LogP contribution in [-0.2, 0) is 16.1 Å². The third-order valence-electron chi connectivity index (χ3n) is 6.33. The average Bonchev–Trinajstić information content (AvgIpc) is 3.31. The summed E-state index contributed by atoms with van der Waals surface area (Å²) in [7, 11) is 3.91. The quantitative estimate of drug-likeness (QED) is 0.461. The van der Waals surface area contributed by atoms with Gasteiger partial charge in [-0.25, -0.2) is 0 Å². The lowest BCUT2D eigenvalue weighted by Crippen LogP contribution is -2.50. The molecule has 9 nitrogen and oxygen atoms in total. The average molecular weight is 516 g/mol. The maximum Gasteiger partial charge on any atom is 0.276 e. The summed E-state index contributed by atoms with van der Waals surface area (Å²) < 4.78 is 5.61. The second-order valence-corrected chi connectivity index (χ2v) is 10.8. The maximum atomic E-state index is 13.3. The molecule has 10 heteroatoms. The number of thioether (sulfide) groups is 1. The van der Waals surface area contributed by atoms with Crippen LogP contribution in [0.3, 0.4) is 0 Å². The molecule has 1 fully saturated rings. The SMILES string of the molecule is CSc1nnc(C(CC(C)C)C(=O)NC(=O)[C@@H]2CCCC[C@@H]2NC(=O)c2ccccc2CN(C)C)o1. The molecule has 196 valence electrons. The molecule has 1 unspecified atom stereocenters. The van der Waals surface area contributed by atoms with Crippen LogP contribution in [0.25, 0.3) is 0 Å². The molecule has 0 radical (unpaired) electrons. The Hall–Kier alpha value is -2.72. The number of imide groups is 1. The van der Waals surface area contributed by atoms with Crippen molar-refractivity contribution in [2.24, 2.45) is 11.8 Å². The van der Waals surface area contributed by atoms with Crippen LogP contribution in [0.15, 0.2) is 33.9 Å². The Morgan fingerprint density at radius 1 is 1.14 bits per heavy atom. The van der Waals surface area contributed by atoms with Gasteiger partial charge in [-0.15, -0.1) is 10.2 Å². The van der Waals surface area contributed by atoms with E-state index in [4.69, 9.17) is 4.42 Å². The molecule has 1 aliphatic rings. The number of nitrogens with zero attached hydrogens (tertiary/aromatic N) is 3. The zero-order chi connectivity index (χ0) is 26.2. The summed E-state index contributed by atoms with van der Waals surface area (Å²) in [5, 5.41) is 14.0. The molecule has 2 N–H and O–H groups in total. The monoisotopic (exact) mass is 515 g/mol. The number of amides is 3. The van der Waals surface area contributed by atoms with Crippen LogP contribution in [-0.4, -0.2) is 59.2 Å². The number of aromatic nitrogens is 2. The molecule has 2 aromatic rings. The Kier molecular flexibility index (Phi) is 10.1. The van der Waals surface area contributed by atoms with Crippen LogP contribution in [0.1, 0.15) is 73.7 Å². The summed E-state index contributed by atoms with van der Waals surface area (Å²) in [5.74, 6) is -1.82. The molecular weight excluding hydrogens is 478 g/mol. The zero-order valence-electron chi connectivity index (χ0n) is 21.7. The van der Waals surface area contributed by atoms with Crippen molar-refractivity contribution < 1.29 is 18.8 Å². The smallest absolute Gasteiger partial charge is 0.276 e. The van der Waals surface area contributed by atoms with Gasteiger partial charge in [0.05, 0.1) is 5.92 Å². The Labute approximate surface area is 217 Å². The van der Waals surface area contributed by atoms with Crippen molar-refractivity contribution in [3.05, 3.63) is 41.3 Å². The predicted octanol–water partition coefficient (Wildman–Crippen LogP) is 3.61. The molecule has 0 spiro atoms. The van der Waals surface area contributed by atoms with Crippen LogP contribution in [0.5, 0.6) is 0 Å². The highest BCUT2D eigenvalue weighted by molar-refractivity contribution is 7.98. The van der Waals surface area contributed by atoms with Crippen LogP contribution < -0.4 is 10.6 Å². The summed E-state index contributed by atoms with van der Waals surface area (Å²) >= 11 is 1.30. The number of hydrogen-bond donors (Lipinski definition) is 2. The molecular formula is C26H37N5O4S. The van der Waals surface area contributed by atoms with E-state index in [9.17, 15) is 14.4 Å². The molecule has 1 aromatic carbocycles. The molecule has 3 rings (SSSR count). The maximum absolute atomic E-state index is 13.3. The standard InChI is InChI=1S/C26H37N5O4S/c1-16(2)14-20(25-29-30-26(35-25)36-5)24(34)28-23(33)19-12-8-9-13-21(19)27-22(32)18-11-7-6-10-17(18)15-31(3)4/h6-7,10-11,16,19-21H,8-9,12-15H2,1-5H3,(H,27,32)(H,28,33,34)/t19-,20?,21+/m1/s1. The van der Waals surface area contributed by atoms with E-state index in [2.05, 4.69) is 20.8 Å². The third-order valence-corrected chi connectivity index (χ3v) is 6.85. The van der Waals surface area contributed by atoms with Crippen LogP contribution in [0.4, 0.5) is 0 Å². The van der Waals surface area contributed by atoms with E-state index in [1.54, 1.807) is 6.07 Å². The summed E-state index contributed by atoms with van der Waals surface area (Å²) in [6.45, 7) is 4.63. The highest BCUT2D eigenvalue weighted by Crippen LogP contribution is 2.28. The molecule has 0 saturated heterocycles. The number of carbonyl (C=O) groups is 3.